The van der Waals surface area contributed by atoms with Crippen LogP contribution in [0.4, 0.5) is 0 Å². The molecule has 4 fully saturated rings. The summed E-state index contributed by atoms with van der Waals surface area (Å²) in [5, 5.41) is 3.70. The number of hydrogen-bond acceptors (Lipinski definition) is 5. The molecule has 120 valence electrons. The van der Waals surface area contributed by atoms with Crippen LogP contribution in [-0.4, -0.2) is 20.4 Å². The van der Waals surface area contributed by atoms with E-state index in [0.717, 1.165) is 18.3 Å². The average Bonchev–Trinajstić information content (AvgIpc) is 2.78. The average molecular weight is 369 g/mol. The highest BCUT2D eigenvalue weighted by atomic mass is 79.9. The normalized spacial score (nSPS) is 39.2. The smallest absolute Gasteiger partial charge is 0.306 e. The second-order valence-electron chi connectivity index (χ2n) is 7.68. The number of rotatable bonds is 4. The van der Waals surface area contributed by atoms with Crippen molar-refractivity contribution in [2.45, 2.75) is 62.8 Å². The van der Waals surface area contributed by atoms with Gasteiger partial charge in [0, 0.05) is 4.32 Å². The van der Waals surface area contributed by atoms with E-state index in [1.54, 1.807) is 6.92 Å². The largest absolute Gasteiger partial charge is 0.456 e. The van der Waals surface area contributed by atoms with Crippen molar-refractivity contribution in [3.05, 3.63) is 11.7 Å². The number of carbonyl (C=O) groups excluding carboxylic acids is 1. The van der Waals surface area contributed by atoms with Crippen LogP contribution >= 0.6 is 15.9 Å². The van der Waals surface area contributed by atoms with Gasteiger partial charge in [-0.05, 0) is 62.7 Å². The first-order valence-corrected chi connectivity index (χ1v) is 8.87. The third-order valence-electron chi connectivity index (χ3n) is 5.56. The van der Waals surface area contributed by atoms with Gasteiger partial charge in [0.25, 0.3) is 5.89 Å². The molecule has 1 aromatic heterocycles. The maximum absolute atomic E-state index is 12.3. The predicted molar refractivity (Wildman–Crippen MR) is 82.2 cm³/mol. The fourth-order valence-electron chi connectivity index (χ4n) is 5.44. The Kier molecular flexibility index (Phi) is 3.36. The summed E-state index contributed by atoms with van der Waals surface area (Å²) in [6.45, 7) is 1.84. The molecule has 5 rings (SSSR count). The number of aromatic nitrogens is 2. The molecule has 22 heavy (non-hydrogen) atoms. The van der Waals surface area contributed by atoms with E-state index in [4.69, 9.17) is 9.26 Å². The molecule has 1 aromatic rings. The molecule has 5 nitrogen and oxygen atoms in total. The fraction of sp³-hybridized carbons (Fsp3) is 0.812. The Morgan fingerprint density at radius 2 is 2.09 bits per heavy atom. The van der Waals surface area contributed by atoms with E-state index in [0.29, 0.717) is 18.1 Å². The van der Waals surface area contributed by atoms with Crippen molar-refractivity contribution >= 4 is 21.9 Å². The quantitative estimate of drug-likeness (QED) is 0.600. The molecule has 4 saturated carbocycles. The van der Waals surface area contributed by atoms with Gasteiger partial charge in [0.2, 0.25) is 0 Å². The first-order chi connectivity index (χ1) is 10.4. The van der Waals surface area contributed by atoms with Gasteiger partial charge in [0.05, 0.1) is 6.42 Å². The number of carbonyl (C=O) groups is 1. The number of ether oxygens (including phenoxy) is 1. The molecule has 0 spiro atoms. The molecule has 2 unspecified atom stereocenters. The van der Waals surface area contributed by atoms with Crippen LogP contribution in [-0.2, 0) is 16.1 Å². The lowest BCUT2D eigenvalue weighted by atomic mass is 9.49. The molecule has 2 atom stereocenters. The van der Waals surface area contributed by atoms with Crippen LogP contribution in [0.2, 0.25) is 0 Å². The van der Waals surface area contributed by atoms with Gasteiger partial charge < -0.3 is 9.26 Å². The monoisotopic (exact) mass is 368 g/mol. The highest BCUT2D eigenvalue weighted by Gasteiger charge is 2.57. The third-order valence-corrected chi connectivity index (χ3v) is 6.48. The number of hydrogen-bond donors (Lipinski definition) is 0. The first-order valence-electron chi connectivity index (χ1n) is 8.07. The summed E-state index contributed by atoms with van der Waals surface area (Å²) in [6, 6.07) is 0. The van der Waals surface area contributed by atoms with E-state index in [2.05, 4.69) is 26.1 Å². The Morgan fingerprint density at radius 1 is 1.36 bits per heavy atom. The summed E-state index contributed by atoms with van der Waals surface area (Å²) in [7, 11) is 0. The molecule has 0 N–H and O–H groups in total. The predicted octanol–water partition coefficient (Wildman–Crippen LogP) is 3.55. The van der Waals surface area contributed by atoms with Crippen LogP contribution in [0.25, 0.3) is 0 Å². The summed E-state index contributed by atoms with van der Waals surface area (Å²) in [4.78, 5) is 16.3. The minimum Gasteiger partial charge on any atom is -0.456 e. The molecule has 0 aliphatic heterocycles. The molecule has 4 aliphatic carbocycles. The van der Waals surface area contributed by atoms with Crippen LogP contribution in [0, 0.1) is 24.2 Å². The van der Waals surface area contributed by atoms with Crippen molar-refractivity contribution in [2.75, 3.05) is 0 Å². The molecule has 0 aromatic carbocycles. The van der Waals surface area contributed by atoms with Crippen molar-refractivity contribution in [1.82, 2.24) is 10.1 Å². The van der Waals surface area contributed by atoms with Crippen molar-refractivity contribution in [3.63, 3.8) is 0 Å². The first kappa shape index (κ1) is 14.7. The second kappa shape index (κ2) is 5.05. The van der Waals surface area contributed by atoms with Gasteiger partial charge in [-0.2, -0.15) is 4.98 Å². The number of alkyl halides is 1. The summed E-state index contributed by atoms with van der Waals surface area (Å²) in [6.07, 6.45) is 7.92. The lowest BCUT2D eigenvalue weighted by Crippen LogP contribution is -2.53. The minimum atomic E-state index is -0.131. The van der Waals surface area contributed by atoms with Crippen LogP contribution in [0.3, 0.4) is 0 Å². The molecule has 4 aliphatic rings. The van der Waals surface area contributed by atoms with Crippen molar-refractivity contribution < 1.29 is 14.1 Å². The molecule has 6 heteroatoms. The summed E-state index contributed by atoms with van der Waals surface area (Å²) in [5.74, 6) is 2.37. The highest BCUT2D eigenvalue weighted by molar-refractivity contribution is 9.10. The zero-order valence-corrected chi connectivity index (χ0v) is 14.4. The van der Waals surface area contributed by atoms with E-state index in [1.165, 1.54) is 32.1 Å². The molecule has 0 saturated heterocycles. The second-order valence-corrected chi connectivity index (χ2v) is 9.37. The van der Waals surface area contributed by atoms with Gasteiger partial charge in [-0.15, -0.1) is 0 Å². The Bertz CT molecular complexity index is 586. The lowest BCUT2D eigenvalue weighted by molar-refractivity contribution is -0.153. The van der Waals surface area contributed by atoms with Crippen molar-refractivity contribution in [1.29, 1.82) is 0 Å². The Morgan fingerprint density at radius 3 is 2.68 bits per heavy atom. The highest BCUT2D eigenvalue weighted by Crippen LogP contribution is 2.65. The van der Waals surface area contributed by atoms with Crippen LogP contribution in [0.15, 0.2) is 4.52 Å². The third kappa shape index (κ3) is 2.70. The number of nitrogens with zero attached hydrogens (tertiary/aromatic N) is 2. The summed E-state index contributed by atoms with van der Waals surface area (Å²) >= 11 is 3.98. The van der Waals surface area contributed by atoms with Crippen molar-refractivity contribution in [3.8, 4) is 0 Å². The number of esters is 1. The molecular weight excluding hydrogens is 348 g/mol. The Hall–Kier alpha value is -0.910. The van der Waals surface area contributed by atoms with Crippen LogP contribution < -0.4 is 0 Å². The van der Waals surface area contributed by atoms with E-state index >= 15 is 0 Å². The maximum Gasteiger partial charge on any atom is 0.306 e. The summed E-state index contributed by atoms with van der Waals surface area (Å²) in [5.41, 5.74) is 0.148. The standard InChI is InChI=1S/C16H21BrN2O3/c1-10-18-13(22-19-10)8-21-14(20)7-15-3-11-2-12(4-15)6-16(17,5-11)9-15/h11-12H,2-9H2,1H3. The molecule has 0 radical (unpaired) electrons. The number of halogens is 1. The van der Waals surface area contributed by atoms with Gasteiger partial charge in [-0.3, -0.25) is 4.79 Å². The fourth-order valence-corrected chi connectivity index (χ4v) is 6.95. The van der Waals surface area contributed by atoms with E-state index in [9.17, 15) is 4.79 Å². The molecule has 1 heterocycles. The van der Waals surface area contributed by atoms with Gasteiger partial charge in [-0.25, -0.2) is 0 Å². The number of aryl methyl sites for hydroxylation is 1. The summed E-state index contributed by atoms with van der Waals surface area (Å²) < 4.78 is 10.6. The zero-order chi connectivity index (χ0) is 15.4. The van der Waals surface area contributed by atoms with E-state index < -0.39 is 0 Å². The van der Waals surface area contributed by atoms with Crippen LogP contribution in [0.5, 0.6) is 0 Å². The zero-order valence-electron chi connectivity index (χ0n) is 12.8. The topological polar surface area (TPSA) is 65.2 Å². The SMILES string of the molecule is Cc1noc(COC(=O)CC23CC4CC(CC(Br)(C4)C2)C3)n1. The van der Waals surface area contributed by atoms with E-state index in [-0.39, 0.29) is 22.3 Å². The van der Waals surface area contributed by atoms with Crippen molar-refractivity contribution in [2.24, 2.45) is 17.3 Å². The van der Waals surface area contributed by atoms with E-state index in [1.807, 2.05) is 0 Å². The van der Waals surface area contributed by atoms with Gasteiger partial charge in [0.15, 0.2) is 12.4 Å². The molecule has 4 bridgehead atoms. The van der Waals surface area contributed by atoms with Crippen LogP contribution in [0.1, 0.15) is 56.7 Å². The lowest BCUT2D eigenvalue weighted by Gasteiger charge is -2.60. The van der Waals surface area contributed by atoms with Gasteiger partial charge in [-0.1, -0.05) is 21.1 Å². The Labute approximate surface area is 138 Å². The maximum atomic E-state index is 12.3. The Balaban J connectivity index is 1.39. The molecular formula is C16H21BrN2O3. The minimum absolute atomic E-state index is 0.0854. The van der Waals surface area contributed by atoms with Gasteiger partial charge >= 0.3 is 5.97 Å². The molecule has 0 amide bonds. The van der Waals surface area contributed by atoms with Gasteiger partial charge in [0.1, 0.15) is 0 Å².